The van der Waals surface area contributed by atoms with Gasteiger partial charge in [0.1, 0.15) is 11.4 Å². The summed E-state index contributed by atoms with van der Waals surface area (Å²) in [5, 5.41) is 0. The van der Waals surface area contributed by atoms with Crippen LogP contribution in [0, 0.1) is 27.8 Å². The van der Waals surface area contributed by atoms with Crippen LogP contribution in [0.4, 0.5) is 0 Å². The van der Waals surface area contributed by atoms with Crippen LogP contribution in [0.2, 0.25) is 0 Å². The number of ether oxygens (including phenoxy) is 1. The number of hydrogen-bond acceptors (Lipinski definition) is 3. The maximum atomic E-state index is 12.1. The number of hydrogen-bond donors (Lipinski definition) is 1. The summed E-state index contributed by atoms with van der Waals surface area (Å²) in [6.45, 7) is 9.56. The molecule has 0 spiro atoms. The van der Waals surface area contributed by atoms with Gasteiger partial charge < -0.3 is 4.74 Å². The summed E-state index contributed by atoms with van der Waals surface area (Å²) in [5.74, 6) is 0.836. The minimum Gasteiger partial charge on any atom is -0.487 e. The van der Waals surface area contributed by atoms with Crippen molar-refractivity contribution in [3.63, 3.8) is 0 Å². The summed E-state index contributed by atoms with van der Waals surface area (Å²) >= 11 is 0. The van der Waals surface area contributed by atoms with Crippen LogP contribution in [0.1, 0.15) is 36.1 Å². The van der Waals surface area contributed by atoms with Crippen molar-refractivity contribution in [1.82, 2.24) is 4.72 Å². The molecule has 0 saturated heterocycles. The van der Waals surface area contributed by atoms with E-state index in [2.05, 4.69) is 11.8 Å². The van der Waals surface area contributed by atoms with Crippen molar-refractivity contribution < 1.29 is 13.2 Å². The Hall–Kier alpha value is -1.07. The van der Waals surface area contributed by atoms with Gasteiger partial charge in [-0.15, -0.1) is 0 Å². The van der Waals surface area contributed by atoms with E-state index in [1.165, 1.54) is 0 Å². The van der Waals surface area contributed by atoms with E-state index in [4.69, 9.17) is 4.74 Å². The quantitative estimate of drug-likeness (QED) is 0.906. The molecule has 1 N–H and O–H groups in total. The summed E-state index contributed by atoms with van der Waals surface area (Å²) in [4.78, 5) is 0.333. The van der Waals surface area contributed by atoms with Crippen molar-refractivity contribution in [3.05, 3.63) is 29.3 Å². The van der Waals surface area contributed by atoms with Gasteiger partial charge in [-0.1, -0.05) is 0 Å². The molecule has 1 heterocycles. The molecular weight excluding hydrogens is 262 g/mol. The van der Waals surface area contributed by atoms with Crippen molar-refractivity contribution in [1.29, 1.82) is 0 Å². The van der Waals surface area contributed by atoms with Crippen LogP contribution in [0.3, 0.4) is 0 Å². The van der Waals surface area contributed by atoms with Gasteiger partial charge in [-0.25, -0.2) is 13.1 Å². The van der Waals surface area contributed by atoms with Crippen LogP contribution in [0.5, 0.6) is 5.75 Å². The lowest BCUT2D eigenvalue weighted by Crippen LogP contribution is -2.25. The lowest BCUT2D eigenvalue weighted by atomic mass is 9.94. The van der Waals surface area contributed by atoms with Crippen molar-refractivity contribution in [2.45, 2.75) is 51.5 Å². The first kappa shape index (κ1) is 14.3. The second-order valence-electron chi connectivity index (χ2n) is 5.70. The largest absolute Gasteiger partial charge is 0.487 e. The normalized spacial score (nSPS) is 17.2. The Labute approximate surface area is 115 Å². The van der Waals surface area contributed by atoms with Gasteiger partial charge in [0.2, 0.25) is 10.0 Å². The van der Waals surface area contributed by atoms with E-state index >= 15 is 0 Å². The number of rotatable bonds is 2. The topological polar surface area (TPSA) is 55.4 Å². The molecule has 0 saturated carbocycles. The Balaban J connectivity index is 2.80. The maximum Gasteiger partial charge on any atom is 0.241 e. The molecule has 0 unspecified atom stereocenters. The van der Waals surface area contributed by atoms with E-state index < -0.39 is 10.0 Å². The molecule has 1 aliphatic heterocycles. The molecule has 0 aliphatic carbocycles. The third-order valence-corrected chi connectivity index (χ3v) is 5.28. The van der Waals surface area contributed by atoms with Crippen LogP contribution in [0.15, 0.2) is 4.90 Å². The minimum absolute atomic E-state index is 0.287. The fraction of sp³-hybridized carbons (Fsp3) is 0.500. The summed E-state index contributed by atoms with van der Waals surface area (Å²) in [5.41, 5.74) is 3.08. The molecule has 0 aromatic heterocycles. The molecule has 2 rings (SSSR count). The SMILES string of the molecule is [CH2]NS(=O)(=O)c1c(C)c(C)c2c(c1C)CC(C)(C)O2. The Morgan fingerprint density at radius 1 is 1.16 bits per heavy atom. The predicted octanol–water partition coefficient (Wildman–Crippen LogP) is 2.40. The molecule has 0 amide bonds. The van der Waals surface area contributed by atoms with Gasteiger partial charge >= 0.3 is 0 Å². The van der Waals surface area contributed by atoms with Gasteiger partial charge in [-0.05, 0) is 51.3 Å². The Kier molecular flexibility index (Phi) is 3.18. The Bertz CT molecular complexity index is 645. The van der Waals surface area contributed by atoms with Crippen molar-refractivity contribution in [3.8, 4) is 5.75 Å². The zero-order chi connectivity index (χ0) is 14.6. The Morgan fingerprint density at radius 3 is 2.26 bits per heavy atom. The summed E-state index contributed by atoms with van der Waals surface area (Å²) in [6, 6.07) is 0. The molecule has 1 aromatic carbocycles. The highest BCUT2D eigenvalue weighted by atomic mass is 32.2. The fourth-order valence-corrected chi connectivity index (χ4v) is 3.95. The predicted molar refractivity (Wildman–Crippen MR) is 74.7 cm³/mol. The third kappa shape index (κ3) is 2.15. The summed E-state index contributed by atoms with van der Waals surface area (Å²) < 4.78 is 32.4. The fourth-order valence-electron chi connectivity index (χ4n) is 2.72. The first-order chi connectivity index (χ1) is 8.60. The van der Waals surface area contributed by atoms with E-state index in [0.717, 1.165) is 34.4 Å². The zero-order valence-electron chi connectivity index (χ0n) is 12.0. The molecule has 0 bridgehead atoms. The third-order valence-electron chi connectivity index (χ3n) is 3.75. The smallest absolute Gasteiger partial charge is 0.241 e. The molecule has 0 atom stereocenters. The van der Waals surface area contributed by atoms with Gasteiger partial charge in [0.05, 0.1) is 4.90 Å². The second-order valence-corrected chi connectivity index (χ2v) is 7.40. The highest BCUT2D eigenvalue weighted by molar-refractivity contribution is 7.89. The molecule has 19 heavy (non-hydrogen) atoms. The van der Waals surface area contributed by atoms with E-state index in [1.54, 1.807) is 0 Å². The van der Waals surface area contributed by atoms with E-state index in [1.807, 2.05) is 34.6 Å². The highest BCUT2D eigenvalue weighted by Gasteiger charge is 2.36. The number of fused-ring (bicyclic) bond motifs is 1. The van der Waals surface area contributed by atoms with Crippen LogP contribution in [-0.2, 0) is 16.4 Å². The van der Waals surface area contributed by atoms with E-state index in [0.29, 0.717) is 4.90 Å². The minimum atomic E-state index is -3.56. The van der Waals surface area contributed by atoms with Crippen molar-refractivity contribution in [2.75, 3.05) is 0 Å². The second kappa shape index (κ2) is 4.21. The monoisotopic (exact) mass is 282 g/mol. The molecule has 0 fully saturated rings. The molecule has 1 aliphatic rings. The maximum absolute atomic E-state index is 12.1. The van der Waals surface area contributed by atoms with E-state index in [-0.39, 0.29) is 5.60 Å². The van der Waals surface area contributed by atoms with Gasteiger partial charge in [0.25, 0.3) is 0 Å². The van der Waals surface area contributed by atoms with Crippen LogP contribution < -0.4 is 9.46 Å². The average Bonchev–Trinajstić information content (AvgIpc) is 2.63. The summed E-state index contributed by atoms with van der Waals surface area (Å²) in [6.07, 6.45) is 0.717. The van der Waals surface area contributed by atoms with Gasteiger partial charge in [-0.2, -0.15) is 0 Å². The first-order valence-corrected chi connectivity index (χ1v) is 7.69. The molecule has 1 radical (unpaired) electrons. The van der Waals surface area contributed by atoms with Crippen LogP contribution in [-0.4, -0.2) is 14.0 Å². The molecule has 105 valence electrons. The molecule has 1 aromatic rings. The summed E-state index contributed by atoms with van der Waals surface area (Å²) in [7, 11) is -0.259. The first-order valence-electron chi connectivity index (χ1n) is 6.21. The van der Waals surface area contributed by atoms with Crippen molar-refractivity contribution in [2.24, 2.45) is 0 Å². The Morgan fingerprint density at radius 2 is 1.74 bits per heavy atom. The van der Waals surface area contributed by atoms with Crippen LogP contribution >= 0.6 is 0 Å². The molecule has 5 heteroatoms. The van der Waals surface area contributed by atoms with Gasteiger partial charge in [0, 0.05) is 19.0 Å². The molecule has 4 nitrogen and oxygen atoms in total. The molecular formula is C14H20NO3S. The van der Waals surface area contributed by atoms with Gasteiger partial charge in [-0.3, -0.25) is 0 Å². The average molecular weight is 282 g/mol. The standard InChI is InChI=1S/C14H20NO3S/c1-8-9(2)13(19(16,17)15-6)10(3)11-7-14(4,5)18-12(8)11/h15H,6-7H2,1-5H3. The van der Waals surface area contributed by atoms with Gasteiger partial charge in [0.15, 0.2) is 0 Å². The lowest BCUT2D eigenvalue weighted by Gasteiger charge is -2.18. The van der Waals surface area contributed by atoms with E-state index in [9.17, 15) is 8.42 Å². The van der Waals surface area contributed by atoms with Crippen LogP contribution in [0.25, 0.3) is 0 Å². The number of benzene rings is 1. The lowest BCUT2D eigenvalue weighted by molar-refractivity contribution is 0.137. The number of sulfonamides is 1. The van der Waals surface area contributed by atoms with Crippen molar-refractivity contribution >= 4 is 10.0 Å². The zero-order valence-corrected chi connectivity index (χ0v) is 12.9. The number of nitrogens with one attached hydrogen (secondary N) is 1. The highest BCUT2D eigenvalue weighted by Crippen LogP contribution is 2.43.